The van der Waals surface area contributed by atoms with Crippen molar-refractivity contribution >= 4 is 21.7 Å². The molecule has 2 heterocycles. The van der Waals surface area contributed by atoms with Gasteiger partial charge in [-0.15, -0.1) is 0 Å². The largest absolute Gasteiger partial charge is 0.439 e. The number of hydrogen-bond donors (Lipinski definition) is 0. The molecule has 2 aromatic heterocycles. The summed E-state index contributed by atoms with van der Waals surface area (Å²) in [6.45, 7) is 0. The molecule has 0 fully saturated rings. The van der Waals surface area contributed by atoms with Crippen molar-refractivity contribution in [2.45, 2.75) is 12.8 Å². The maximum absolute atomic E-state index is 12.5. The molecule has 6 heteroatoms. The van der Waals surface area contributed by atoms with E-state index in [0.717, 1.165) is 15.7 Å². The third-order valence-corrected chi connectivity index (χ3v) is 5.02. The zero-order valence-electron chi connectivity index (χ0n) is 15.4. The van der Waals surface area contributed by atoms with Crippen LogP contribution in [0.15, 0.2) is 88.0 Å². The Kier molecular flexibility index (Phi) is 5.81. The second-order valence-corrected chi connectivity index (χ2v) is 7.24. The first kappa shape index (κ1) is 19.1. The minimum atomic E-state index is -0.0115. The normalized spacial score (nSPS) is 10.7. The van der Waals surface area contributed by atoms with Crippen molar-refractivity contribution < 1.29 is 14.1 Å². The molecule has 0 amide bonds. The van der Waals surface area contributed by atoms with Gasteiger partial charge in [-0.05, 0) is 24.3 Å². The van der Waals surface area contributed by atoms with Gasteiger partial charge in [0.05, 0.1) is 0 Å². The van der Waals surface area contributed by atoms with Crippen LogP contribution in [0.1, 0.15) is 22.5 Å². The summed E-state index contributed by atoms with van der Waals surface area (Å²) in [5.74, 6) is 1.80. The fourth-order valence-corrected chi connectivity index (χ4v) is 3.31. The molecule has 0 aliphatic rings. The molecule has 4 rings (SSSR count). The van der Waals surface area contributed by atoms with Crippen LogP contribution < -0.4 is 4.74 Å². The van der Waals surface area contributed by atoms with E-state index in [1.807, 2.05) is 60.7 Å². The standard InChI is InChI=1S/C23H17BrN2O3/c24-20-9-5-4-8-19(20)21-14-18(29-26-21)11-12-22(27)16-10-13-23(25-15-16)28-17-6-2-1-3-7-17/h1-10,13-15H,11-12H2. The Hall–Kier alpha value is -3.25. The molecule has 5 nitrogen and oxygen atoms in total. The summed E-state index contributed by atoms with van der Waals surface area (Å²) < 4.78 is 12.0. The van der Waals surface area contributed by atoms with Crippen LogP contribution in [-0.4, -0.2) is 15.9 Å². The summed E-state index contributed by atoms with van der Waals surface area (Å²) >= 11 is 3.51. The predicted molar refractivity (Wildman–Crippen MR) is 113 cm³/mol. The molecule has 0 aliphatic carbocycles. The Labute approximate surface area is 176 Å². The van der Waals surface area contributed by atoms with E-state index in [9.17, 15) is 4.79 Å². The van der Waals surface area contributed by atoms with Gasteiger partial charge in [0.15, 0.2) is 5.78 Å². The highest BCUT2D eigenvalue weighted by Gasteiger charge is 2.12. The number of nitrogens with zero attached hydrogens (tertiary/aromatic N) is 2. The molecule has 4 aromatic rings. The van der Waals surface area contributed by atoms with Gasteiger partial charge in [0.2, 0.25) is 5.88 Å². The Morgan fingerprint density at radius 1 is 1.00 bits per heavy atom. The van der Waals surface area contributed by atoms with Crippen LogP contribution in [0.4, 0.5) is 0 Å². The number of aromatic nitrogens is 2. The first-order valence-electron chi connectivity index (χ1n) is 9.12. The van der Waals surface area contributed by atoms with Crippen LogP contribution >= 0.6 is 15.9 Å². The van der Waals surface area contributed by atoms with E-state index in [4.69, 9.17) is 9.26 Å². The van der Waals surface area contributed by atoms with Crippen molar-refractivity contribution in [1.82, 2.24) is 10.1 Å². The van der Waals surface area contributed by atoms with E-state index >= 15 is 0 Å². The van der Waals surface area contributed by atoms with Crippen molar-refractivity contribution in [2.24, 2.45) is 0 Å². The molecule has 0 atom stereocenters. The summed E-state index contributed by atoms with van der Waals surface area (Å²) in [6.07, 6.45) is 2.32. The molecule has 0 unspecified atom stereocenters. The number of carbonyl (C=O) groups excluding carboxylic acids is 1. The highest BCUT2D eigenvalue weighted by Crippen LogP contribution is 2.27. The molecule has 0 N–H and O–H groups in total. The van der Waals surface area contributed by atoms with Gasteiger partial charge >= 0.3 is 0 Å². The minimum Gasteiger partial charge on any atom is -0.439 e. The summed E-state index contributed by atoms with van der Waals surface area (Å²) in [6, 6.07) is 22.5. The number of ketones is 1. The van der Waals surface area contributed by atoms with E-state index in [-0.39, 0.29) is 5.78 Å². The highest BCUT2D eigenvalue weighted by atomic mass is 79.9. The fourth-order valence-electron chi connectivity index (χ4n) is 2.82. The van der Waals surface area contributed by atoms with E-state index in [1.165, 1.54) is 6.20 Å². The second kappa shape index (κ2) is 8.84. The van der Waals surface area contributed by atoms with Crippen LogP contribution in [0, 0.1) is 0 Å². The van der Waals surface area contributed by atoms with Crippen molar-refractivity contribution in [3.05, 3.63) is 94.8 Å². The molecule has 0 saturated carbocycles. The molecular formula is C23H17BrN2O3. The van der Waals surface area contributed by atoms with Gasteiger partial charge in [0.1, 0.15) is 17.2 Å². The number of Topliss-reactive ketones (excluding diaryl/α,β-unsaturated/α-hetero) is 1. The lowest BCUT2D eigenvalue weighted by molar-refractivity contribution is 0.0980. The van der Waals surface area contributed by atoms with Gasteiger partial charge in [0.25, 0.3) is 0 Å². The highest BCUT2D eigenvalue weighted by molar-refractivity contribution is 9.10. The van der Waals surface area contributed by atoms with E-state index < -0.39 is 0 Å². The van der Waals surface area contributed by atoms with Crippen molar-refractivity contribution in [1.29, 1.82) is 0 Å². The molecular weight excluding hydrogens is 432 g/mol. The smallest absolute Gasteiger partial charge is 0.219 e. The third kappa shape index (κ3) is 4.78. The van der Waals surface area contributed by atoms with Crippen molar-refractivity contribution in [3.8, 4) is 22.9 Å². The van der Waals surface area contributed by atoms with Gasteiger partial charge in [0, 0.05) is 46.8 Å². The Morgan fingerprint density at radius 2 is 1.79 bits per heavy atom. The Balaban J connectivity index is 1.36. The minimum absolute atomic E-state index is 0.0115. The molecule has 29 heavy (non-hydrogen) atoms. The lowest BCUT2D eigenvalue weighted by atomic mass is 10.1. The van der Waals surface area contributed by atoms with Gasteiger partial charge in [-0.25, -0.2) is 4.98 Å². The monoisotopic (exact) mass is 448 g/mol. The summed E-state index contributed by atoms with van der Waals surface area (Å²) in [5, 5.41) is 4.10. The van der Waals surface area contributed by atoms with Crippen LogP contribution in [0.25, 0.3) is 11.3 Å². The fraction of sp³-hybridized carbons (Fsp3) is 0.0870. The van der Waals surface area contributed by atoms with Gasteiger partial charge < -0.3 is 9.26 Å². The van der Waals surface area contributed by atoms with Gasteiger partial charge in [-0.2, -0.15) is 0 Å². The number of hydrogen-bond acceptors (Lipinski definition) is 5. The zero-order chi connectivity index (χ0) is 20.1. The number of benzene rings is 2. The zero-order valence-corrected chi connectivity index (χ0v) is 17.0. The van der Waals surface area contributed by atoms with E-state index in [2.05, 4.69) is 26.1 Å². The number of para-hydroxylation sites is 1. The Bertz CT molecular complexity index is 1110. The molecule has 144 valence electrons. The number of carbonyl (C=O) groups is 1. The molecule has 0 saturated heterocycles. The van der Waals surface area contributed by atoms with Crippen molar-refractivity contribution in [3.63, 3.8) is 0 Å². The molecule has 0 radical (unpaired) electrons. The predicted octanol–water partition coefficient (Wildman–Crippen LogP) is 6.11. The summed E-state index contributed by atoms with van der Waals surface area (Å²) in [4.78, 5) is 16.7. The van der Waals surface area contributed by atoms with Crippen molar-refractivity contribution in [2.75, 3.05) is 0 Å². The molecule has 0 bridgehead atoms. The maximum Gasteiger partial charge on any atom is 0.219 e. The van der Waals surface area contributed by atoms with Crippen LogP contribution in [0.3, 0.4) is 0 Å². The van der Waals surface area contributed by atoms with Crippen LogP contribution in [-0.2, 0) is 6.42 Å². The number of ether oxygens (including phenoxy) is 1. The summed E-state index contributed by atoms with van der Waals surface area (Å²) in [5.41, 5.74) is 2.23. The van der Waals surface area contributed by atoms with Crippen LogP contribution in [0.5, 0.6) is 11.6 Å². The maximum atomic E-state index is 12.5. The average Bonchev–Trinajstić information content (AvgIpc) is 3.22. The summed E-state index contributed by atoms with van der Waals surface area (Å²) in [7, 11) is 0. The second-order valence-electron chi connectivity index (χ2n) is 6.38. The van der Waals surface area contributed by atoms with Crippen LogP contribution in [0.2, 0.25) is 0 Å². The SMILES string of the molecule is O=C(CCc1cc(-c2ccccc2Br)no1)c1ccc(Oc2ccccc2)nc1. The number of pyridine rings is 1. The first-order valence-corrected chi connectivity index (χ1v) is 9.91. The third-order valence-electron chi connectivity index (χ3n) is 4.33. The number of rotatable bonds is 7. The lowest BCUT2D eigenvalue weighted by Gasteiger charge is -2.05. The van der Waals surface area contributed by atoms with Gasteiger partial charge in [-0.1, -0.05) is 57.5 Å². The number of aryl methyl sites for hydroxylation is 1. The quantitative estimate of drug-likeness (QED) is 0.319. The van der Waals surface area contributed by atoms with Gasteiger partial charge in [-0.3, -0.25) is 4.79 Å². The Morgan fingerprint density at radius 3 is 2.55 bits per heavy atom. The van der Waals surface area contributed by atoms with E-state index in [0.29, 0.717) is 35.8 Å². The molecule has 2 aromatic carbocycles. The first-order chi connectivity index (χ1) is 14.2. The lowest BCUT2D eigenvalue weighted by Crippen LogP contribution is -2.01. The number of halogens is 1. The molecule has 0 spiro atoms. The van der Waals surface area contributed by atoms with E-state index in [1.54, 1.807) is 12.1 Å². The molecule has 0 aliphatic heterocycles. The average molecular weight is 449 g/mol. The topological polar surface area (TPSA) is 65.2 Å².